The Kier molecular flexibility index (Phi) is 4.06. The van der Waals surface area contributed by atoms with Crippen molar-refractivity contribution in [2.75, 3.05) is 0 Å². The first-order chi connectivity index (χ1) is 9.96. The molecule has 21 heavy (non-hydrogen) atoms. The molecule has 0 amide bonds. The molecule has 3 rings (SSSR count). The number of ether oxygens (including phenoxy) is 1. The second-order valence-corrected chi connectivity index (χ2v) is 7.63. The van der Waals surface area contributed by atoms with Crippen molar-refractivity contribution < 1.29 is 4.74 Å². The first kappa shape index (κ1) is 15.0. The van der Waals surface area contributed by atoms with Crippen LogP contribution in [0.5, 0.6) is 0 Å². The minimum Gasteiger partial charge on any atom is -0.370 e. The highest BCUT2D eigenvalue weighted by Gasteiger charge is 2.42. The average molecular weight is 292 g/mol. The Balaban J connectivity index is 1.57. The molecule has 0 aromatic carbocycles. The maximum atomic E-state index is 6.37. The van der Waals surface area contributed by atoms with Gasteiger partial charge in [-0.05, 0) is 46.5 Å². The molecule has 1 atom stereocenters. The number of rotatable bonds is 4. The van der Waals surface area contributed by atoms with E-state index >= 15 is 0 Å². The van der Waals surface area contributed by atoms with Crippen LogP contribution in [0.3, 0.4) is 0 Å². The van der Waals surface area contributed by atoms with Crippen LogP contribution in [0.25, 0.3) is 0 Å². The highest BCUT2D eigenvalue weighted by Crippen LogP contribution is 2.43. The summed E-state index contributed by atoms with van der Waals surface area (Å²) in [4.78, 5) is 4.38. The molecular weight excluding hydrogens is 264 g/mol. The van der Waals surface area contributed by atoms with Crippen molar-refractivity contribution in [1.82, 2.24) is 20.1 Å². The predicted molar refractivity (Wildman–Crippen MR) is 81.9 cm³/mol. The van der Waals surface area contributed by atoms with Gasteiger partial charge in [0.25, 0.3) is 0 Å². The Morgan fingerprint density at radius 3 is 2.81 bits per heavy atom. The van der Waals surface area contributed by atoms with Gasteiger partial charge in [-0.15, -0.1) is 0 Å². The third kappa shape index (κ3) is 3.64. The van der Waals surface area contributed by atoms with Gasteiger partial charge in [0.05, 0.1) is 24.8 Å². The lowest BCUT2D eigenvalue weighted by atomic mass is 9.98. The fourth-order valence-corrected chi connectivity index (χ4v) is 3.53. The van der Waals surface area contributed by atoms with Gasteiger partial charge in [-0.25, -0.2) is 9.67 Å². The van der Waals surface area contributed by atoms with Crippen molar-refractivity contribution in [2.45, 2.75) is 89.6 Å². The Labute approximate surface area is 127 Å². The summed E-state index contributed by atoms with van der Waals surface area (Å²) in [6.45, 7) is 8.08. The zero-order valence-corrected chi connectivity index (χ0v) is 13.6. The van der Waals surface area contributed by atoms with Crippen LogP contribution in [0.1, 0.15) is 65.1 Å². The van der Waals surface area contributed by atoms with Gasteiger partial charge in [0.2, 0.25) is 0 Å². The van der Waals surface area contributed by atoms with Gasteiger partial charge in [-0.2, -0.15) is 5.10 Å². The molecule has 1 saturated heterocycles. The van der Waals surface area contributed by atoms with Crippen LogP contribution in [0.4, 0.5) is 0 Å². The third-order valence-electron chi connectivity index (χ3n) is 4.70. The summed E-state index contributed by atoms with van der Waals surface area (Å²) in [6.07, 6.45) is 9.50. The Bertz CT molecular complexity index is 471. The fraction of sp³-hybridized carbons (Fsp3) is 0.875. The summed E-state index contributed by atoms with van der Waals surface area (Å²) in [5.74, 6) is 1.00. The first-order valence-electron chi connectivity index (χ1n) is 8.25. The van der Waals surface area contributed by atoms with E-state index in [-0.39, 0.29) is 11.1 Å². The van der Waals surface area contributed by atoms with E-state index in [1.165, 1.54) is 32.1 Å². The largest absolute Gasteiger partial charge is 0.370 e. The highest BCUT2D eigenvalue weighted by molar-refractivity contribution is 4.94. The predicted octanol–water partition coefficient (Wildman–Crippen LogP) is 2.66. The molecule has 1 N–H and O–H groups in total. The molecule has 1 spiro atoms. The lowest BCUT2D eigenvalue weighted by molar-refractivity contribution is -0.0432. The molecule has 1 unspecified atom stereocenters. The average Bonchev–Trinajstić information content (AvgIpc) is 3.11. The molecule has 5 heteroatoms. The lowest BCUT2D eigenvalue weighted by Crippen LogP contribution is -2.36. The zero-order chi connectivity index (χ0) is 14.9. The summed E-state index contributed by atoms with van der Waals surface area (Å²) in [5.41, 5.74) is 0.295. The molecule has 2 heterocycles. The van der Waals surface area contributed by atoms with E-state index in [1.807, 2.05) is 4.68 Å². The topological polar surface area (TPSA) is 52.0 Å². The van der Waals surface area contributed by atoms with E-state index in [4.69, 9.17) is 4.74 Å². The summed E-state index contributed by atoms with van der Waals surface area (Å²) in [7, 11) is 0. The molecule has 1 aliphatic carbocycles. The van der Waals surface area contributed by atoms with E-state index in [1.54, 1.807) is 6.33 Å². The zero-order valence-electron chi connectivity index (χ0n) is 13.6. The lowest BCUT2D eigenvalue weighted by Gasteiger charge is -2.24. The van der Waals surface area contributed by atoms with Crippen LogP contribution in [0.15, 0.2) is 6.33 Å². The summed E-state index contributed by atoms with van der Waals surface area (Å²) in [5, 5.41) is 7.85. The van der Waals surface area contributed by atoms with Crippen LogP contribution < -0.4 is 5.32 Å². The standard InChI is InChI=1S/C16H28N4O/c1-15(2,3)18-10-14-17-12-19-20(14)11-13-6-9-16(21-13)7-4-5-8-16/h12-13,18H,4-11H2,1-3H3. The smallest absolute Gasteiger partial charge is 0.140 e. The van der Waals surface area contributed by atoms with Crippen LogP contribution in [-0.2, 0) is 17.8 Å². The third-order valence-corrected chi connectivity index (χ3v) is 4.70. The molecule has 1 aromatic heterocycles. The molecule has 5 nitrogen and oxygen atoms in total. The maximum Gasteiger partial charge on any atom is 0.140 e. The molecular formula is C16H28N4O. The molecule has 1 aliphatic heterocycles. The quantitative estimate of drug-likeness (QED) is 0.927. The number of aromatic nitrogens is 3. The van der Waals surface area contributed by atoms with E-state index < -0.39 is 0 Å². The summed E-state index contributed by atoms with van der Waals surface area (Å²) >= 11 is 0. The molecule has 118 valence electrons. The van der Waals surface area contributed by atoms with Crippen molar-refractivity contribution in [1.29, 1.82) is 0 Å². The van der Waals surface area contributed by atoms with E-state index in [9.17, 15) is 0 Å². The Morgan fingerprint density at radius 2 is 2.10 bits per heavy atom. The van der Waals surface area contributed by atoms with Gasteiger partial charge in [-0.1, -0.05) is 12.8 Å². The van der Waals surface area contributed by atoms with Crippen molar-refractivity contribution in [3.05, 3.63) is 12.2 Å². The molecule has 1 saturated carbocycles. The molecule has 2 aliphatic rings. The van der Waals surface area contributed by atoms with Crippen LogP contribution in [-0.4, -0.2) is 32.0 Å². The van der Waals surface area contributed by atoms with Gasteiger partial charge in [0, 0.05) is 5.54 Å². The second kappa shape index (κ2) is 5.69. The van der Waals surface area contributed by atoms with Crippen molar-refractivity contribution in [3.8, 4) is 0 Å². The molecule has 2 fully saturated rings. The van der Waals surface area contributed by atoms with Gasteiger partial charge >= 0.3 is 0 Å². The van der Waals surface area contributed by atoms with Gasteiger partial charge in [0.15, 0.2) is 0 Å². The van der Waals surface area contributed by atoms with Crippen molar-refractivity contribution in [2.24, 2.45) is 0 Å². The minimum atomic E-state index is 0.0918. The SMILES string of the molecule is CC(C)(C)NCc1ncnn1CC1CCC2(CCCC2)O1. The first-order valence-corrected chi connectivity index (χ1v) is 8.25. The molecule has 0 bridgehead atoms. The Hall–Kier alpha value is -0.940. The number of hydrogen-bond donors (Lipinski definition) is 1. The molecule has 1 aromatic rings. The van der Waals surface area contributed by atoms with Gasteiger partial charge in [-0.3, -0.25) is 0 Å². The summed E-state index contributed by atoms with van der Waals surface area (Å²) in [6, 6.07) is 0. The van der Waals surface area contributed by atoms with E-state index in [0.717, 1.165) is 25.3 Å². The van der Waals surface area contributed by atoms with Gasteiger partial charge in [0.1, 0.15) is 12.2 Å². The van der Waals surface area contributed by atoms with Crippen LogP contribution in [0, 0.1) is 0 Å². The Morgan fingerprint density at radius 1 is 1.33 bits per heavy atom. The van der Waals surface area contributed by atoms with Crippen molar-refractivity contribution in [3.63, 3.8) is 0 Å². The number of hydrogen-bond acceptors (Lipinski definition) is 4. The number of nitrogens with one attached hydrogen (secondary N) is 1. The normalized spacial score (nSPS) is 25.0. The maximum absolute atomic E-state index is 6.37. The van der Waals surface area contributed by atoms with Crippen LogP contribution >= 0.6 is 0 Å². The van der Waals surface area contributed by atoms with Gasteiger partial charge < -0.3 is 10.1 Å². The summed E-state index contributed by atoms with van der Waals surface area (Å²) < 4.78 is 8.39. The van der Waals surface area contributed by atoms with Crippen molar-refractivity contribution >= 4 is 0 Å². The van der Waals surface area contributed by atoms with E-state index in [2.05, 4.69) is 36.2 Å². The molecule has 0 radical (unpaired) electrons. The van der Waals surface area contributed by atoms with E-state index in [0.29, 0.717) is 6.10 Å². The van der Waals surface area contributed by atoms with Crippen LogP contribution in [0.2, 0.25) is 0 Å². The number of nitrogens with zero attached hydrogens (tertiary/aromatic N) is 3. The second-order valence-electron chi connectivity index (χ2n) is 7.63. The highest BCUT2D eigenvalue weighted by atomic mass is 16.5. The minimum absolute atomic E-state index is 0.0918. The monoisotopic (exact) mass is 292 g/mol. The fourth-order valence-electron chi connectivity index (χ4n) is 3.53.